The molecule has 0 aliphatic rings. The number of carbonyl (C=O) groups is 1. The van der Waals surface area contributed by atoms with E-state index in [1.165, 1.54) is 11.3 Å². The SMILES string of the molecule is CCn1c(N)c(C(=O)NCc2ccccc2)sc1=S. The Balaban J connectivity index is 2.11. The van der Waals surface area contributed by atoms with E-state index in [-0.39, 0.29) is 5.91 Å². The zero-order chi connectivity index (χ0) is 13.8. The highest BCUT2D eigenvalue weighted by atomic mass is 32.1. The van der Waals surface area contributed by atoms with Crippen LogP contribution in [0.4, 0.5) is 5.82 Å². The number of benzene rings is 1. The minimum absolute atomic E-state index is 0.176. The molecule has 100 valence electrons. The van der Waals surface area contributed by atoms with E-state index in [0.717, 1.165) is 5.56 Å². The largest absolute Gasteiger partial charge is 0.384 e. The standard InChI is InChI=1S/C13H15N3OS2/c1-2-16-11(14)10(19-13(16)18)12(17)15-8-9-6-4-3-5-7-9/h3-7H,2,8,14H2,1H3,(H,15,17). The number of thiazole rings is 1. The monoisotopic (exact) mass is 293 g/mol. The van der Waals surface area contributed by atoms with Gasteiger partial charge in [0.25, 0.3) is 5.91 Å². The van der Waals surface area contributed by atoms with Gasteiger partial charge in [0.15, 0.2) is 3.95 Å². The van der Waals surface area contributed by atoms with Gasteiger partial charge in [0.05, 0.1) is 0 Å². The summed E-state index contributed by atoms with van der Waals surface area (Å²) in [4.78, 5) is 12.6. The summed E-state index contributed by atoms with van der Waals surface area (Å²) >= 11 is 6.43. The predicted molar refractivity (Wildman–Crippen MR) is 80.8 cm³/mol. The molecule has 6 heteroatoms. The summed E-state index contributed by atoms with van der Waals surface area (Å²) in [7, 11) is 0. The quantitative estimate of drug-likeness (QED) is 0.852. The number of carbonyl (C=O) groups excluding carboxylic acids is 1. The molecule has 0 spiro atoms. The summed E-state index contributed by atoms with van der Waals surface area (Å²) in [6, 6.07) is 9.74. The number of nitrogen functional groups attached to an aromatic ring is 1. The fourth-order valence-electron chi connectivity index (χ4n) is 1.74. The lowest BCUT2D eigenvalue weighted by molar-refractivity contribution is 0.0955. The third-order valence-corrected chi connectivity index (χ3v) is 4.22. The van der Waals surface area contributed by atoms with Crippen molar-refractivity contribution in [1.82, 2.24) is 9.88 Å². The summed E-state index contributed by atoms with van der Waals surface area (Å²) < 4.78 is 2.39. The topological polar surface area (TPSA) is 60.0 Å². The van der Waals surface area contributed by atoms with Crippen molar-refractivity contribution in [2.45, 2.75) is 20.0 Å². The molecular weight excluding hydrogens is 278 g/mol. The first kappa shape index (κ1) is 13.8. The first-order chi connectivity index (χ1) is 9.13. The van der Waals surface area contributed by atoms with Crippen LogP contribution in [0.25, 0.3) is 0 Å². The molecule has 0 atom stereocenters. The maximum Gasteiger partial charge on any atom is 0.265 e. The molecule has 19 heavy (non-hydrogen) atoms. The summed E-state index contributed by atoms with van der Waals surface area (Å²) in [6.07, 6.45) is 0. The molecule has 2 aromatic rings. The van der Waals surface area contributed by atoms with Crippen molar-refractivity contribution in [3.05, 3.63) is 44.7 Å². The molecule has 0 aliphatic carbocycles. The van der Waals surface area contributed by atoms with Gasteiger partial charge >= 0.3 is 0 Å². The second kappa shape index (κ2) is 5.99. The van der Waals surface area contributed by atoms with Gasteiger partial charge < -0.3 is 15.6 Å². The van der Waals surface area contributed by atoms with Crippen LogP contribution < -0.4 is 11.1 Å². The number of rotatable bonds is 4. The van der Waals surface area contributed by atoms with Crippen LogP contribution >= 0.6 is 23.6 Å². The lowest BCUT2D eigenvalue weighted by atomic mass is 10.2. The third-order valence-electron chi connectivity index (χ3n) is 2.75. The summed E-state index contributed by atoms with van der Waals surface area (Å²) in [5, 5.41) is 2.85. The zero-order valence-corrected chi connectivity index (χ0v) is 12.2. The van der Waals surface area contributed by atoms with Crippen molar-refractivity contribution in [3.63, 3.8) is 0 Å². The minimum atomic E-state index is -0.176. The van der Waals surface area contributed by atoms with Gasteiger partial charge in [0.2, 0.25) is 0 Å². The Morgan fingerprint density at radius 3 is 2.68 bits per heavy atom. The first-order valence-electron chi connectivity index (χ1n) is 5.94. The number of hydrogen-bond acceptors (Lipinski definition) is 4. The lowest BCUT2D eigenvalue weighted by Crippen LogP contribution is -2.23. The van der Waals surface area contributed by atoms with Crippen LogP contribution in [0.15, 0.2) is 30.3 Å². The number of nitrogens with zero attached hydrogens (tertiary/aromatic N) is 1. The Morgan fingerprint density at radius 2 is 2.11 bits per heavy atom. The van der Waals surface area contributed by atoms with E-state index in [1.807, 2.05) is 37.3 Å². The zero-order valence-electron chi connectivity index (χ0n) is 10.6. The van der Waals surface area contributed by atoms with Crippen molar-refractivity contribution >= 4 is 35.3 Å². The maximum absolute atomic E-state index is 12.1. The fraction of sp³-hybridized carbons (Fsp3) is 0.231. The Kier molecular flexibility index (Phi) is 4.34. The van der Waals surface area contributed by atoms with Crippen LogP contribution in [0.3, 0.4) is 0 Å². The molecule has 0 fully saturated rings. The van der Waals surface area contributed by atoms with Crippen LogP contribution in [-0.4, -0.2) is 10.5 Å². The van der Waals surface area contributed by atoms with E-state index in [4.69, 9.17) is 18.0 Å². The van der Waals surface area contributed by atoms with E-state index in [2.05, 4.69) is 5.32 Å². The molecule has 1 aromatic carbocycles. The molecule has 0 bridgehead atoms. The number of anilines is 1. The van der Waals surface area contributed by atoms with Gasteiger partial charge in [-0.2, -0.15) is 0 Å². The molecule has 0 radical (unpaired) electrons. The van der Waals surface area contributed by atoms with E-state index >= 15 is 0 Å². The number of aromatic nitrogens is 1. The Labute approximate surface area is 120 Å². The van der Waals surface area contributed by atoms with E-state index in [0.29, 0.717) is 27.7 Å². The number of nitrogens with two attached hydrogens (primary N) is 1. The van der Waals surface area contributed by atoms with Gasteiger partial charge in [-0.05, 0) is 24.7 Å². The van der Waals surface area contributed by atoms with E-state index in [1.54, 1.807) is 4.57 Å². The van der Waals surface area contributed by atoms with Crippen LogP contribution in [0.5, 0.6) is 0 Å². The summed E-state index contributed by atoms with van der Waals surface area (Å²) in [5.41, 5.74) is 6.98. The molecule has 3 N–H and O–H groups in total. The molecule has 0 saturated heterocycles. The molecular formula is C13H15N3OS2. The van der Waals surface area contributed by atoms with Crippen LogP contribution in [0.1, 0.15) is 22.2 Å². The molecule has 2 rings (SSSR count). The molecule has 1 aromatic heterocycles. The maximum atomic E-state index is 12.1. The lowest BCUT2D eigenvalue weighted by Gasteiger charge is -2.05. The average Bonchev–Trinajstić information content (AvgIpc) is 2.72. The Morgan fingerprint density at radius 1 is 1.42 bits per heavy atom. The highest BCUT2D eigenvalue weighted by molar-refractivity contribution is 7.73. The van der Waals surface area contributed by atoms with Gasteiger partial charge in [0.1, 0.15) is 10.7 Å². The van der Waals surface area contributed by atoms with Crippen LogP contribution in [0.2, 0.25) is 0 Å². The summed E-state index contributed by atoms with van der Waals surface area (Å²) in [5.74, 6) is 0.271. The van der Waals surface area contributed by atoms with Crippen molar-refractivity contribution in [3.8, 4) is 0 Å². The Bertz CT molecular complexity index is 631. The number of amides is 1. The van der Waals surface area contributed by atoms with Crippen molar-refractivity contribution in [1.29, 1.82) is 0 Å². The fourth-order valence-corrected chi connectivity index (χ4v) is 3.11. The van der Waals surface area contributed by atoms with Gasteiger partial charge in [-0.3, -0.25) is 4.79 Å². The number of nitrogens with one attached hydrogen (secondary N) is 1. The van der Waals surface area contributed by atoms with Gasteiger partial charge in [-0.1, -0.05) is 41.7 Å². The van der Waals surface area contributed by atoms with Crippen LogP contribution in [-0.2, 0) is 13.1 Å². The average molecular weight is 293 g/mol. The highest BCUT2D eigenvalue weighted by Gasteiger charge is 2.15. The van der Waals surface area contributed by atoms with Gasteiger partial charge in [-0.15, -0.1) is 0 Å². The molecule has 4 nitrogen and oxygen atoms in total. The molecule has 0 unspecified atom stereocenters. The normalized spacial score (nSPS) is 10.4. The van der Waals surface area contributed by atoms with E-state index in [9.17, 15) is 4.79 Å². The molecule has 1 amide bonds. The molecule has 1 heterocycles. The van der Waals surface area contributed by atoms with E-state index < -0.39 is 0 Å². The minimum Gasteiger partial charge on any atom is -0.384 e. The third kappa shape index (κ3) is 3.02. The van der Waals surface area contributed by atoms with Gasteiger partial charge in [0, 0.05) is 13.1 Å². The molecule has 0 saturated carbocycles. The smallest absolute Gasteiger partial charge is 0.265 e. The van der Waals surface area contributed by atoms with Gasteiger partial charge in [-0.25, -0.2) is 0 Å². The first-order valence-corrected chi connectivity index (χ1v) is 7.17. The predicted octanol–water partition coefficient (Wildman–Crippen LogP) is 2.81. The highest BCUT2D eigenvalue weighted by Crippen LogP contribution is 2.21. The van der Waals surface area contributed by atoms with Crippen LogP contribution in [0, 0.1) is 3.95 Å². The van der Waals surface area contributed by atoms with Crippen molar-refractivity contribution in [2.24, 2.45) is 0 Å². The summed E-state index contributed by atoms with van der Waals surface area (Å²) in [6.45, 7) is 3.10. The second-order valence-electron chi connectivity index (χ2n) is 3.99. The van der Waals surface area contributed by atoms with Crippen molar-refractivity contribution < 1.29 is 4.79 Å². The second-order valence-corrected chi connectivity index (χ2v) is 5.64. The molecule has 0 aliphatic heterocycles. The number of hydrogen-bond donors (Lipinski definition) is 2. The Hall–Kier alpha value is -1.66. The van der Waals surface area contributed by atoms with Crippen molar-refractivity contribution in [2.75, 3.05) is 5.73 Å².